The van der Waals surface area contributed by atoms with Gasteiger partial charge in [0.2, 0.25) is 5.91 Å². The van der Waals surface area contributed by atoms with E-state index >= 15 is 0 Å². The van der Waals surface area contributed by atoms with Gasteiger partial charge in [-0.1, -0.05) is 29.8 Å². The number of aromatic nitrogens is 3. The third-order valence-corrected chi connectivity index (χ3v) is 4.55. The van der Waals surface area contributed by atoms with Gasteiger partial charge >= 0.3 is 23.0 Å². The molecule has 0 fully saturated rings. The number of esters is 1. The van der Waals surface area contributed by atoms with Crippen LogP contribution >= 0.6 is 11.6 Å². The molecule has 0 bridgehead atoms. The Bertz CT molecular complexity index is 1060. The van der Waals surface area contributed by atoms with Gasteiger partial charge in [-0.05, 0) is 18.6 Å². The molecule has 2 aromatic rings. The number of hydrogen-bond donors (Lipinski definition) is 1. The average molecular weight is 425 g/mol. The maximum absolute atomic E-state index is 12.6. The first-order valence-electron chi connectivity index (χ1n) is 8.73. The molecule has 10 nitrogen and oxygen atoms in total. The number of carbonyl (C=O) groups excluding carboxylic acids is 2. The van der Waals surface area contributed by atoms with Gasteiger partial charge in [0.15, 0.2) is 0 Å². The molecule has 11 heteroatoms. The molecule has 0 saturated carbocycles. The number of ether oxygens (including phenoxy) is 1. The Hall–Kier alpha value is -3.14. The number of nitrogens with zero attached hydrogens (tertiary/aromatic N) is 3. The third-order valence-electron chi connectivity index (χ3n) is 4.20. The van der Waals surface area contributed by atoms with Crippen LogP contribution < -0.4 is 22.4 Å². The van der Waals surface area contributed by atoms with Crippen LogP contribution in [0, 0.1) is 0 Å². The first kappa shape index (κ1) is 22.2. The molecule has 2 rings (SSSR count). The lowest BCUT2D eigenvalue weighted by molar-refractivity contribution is -0.143. The van der Waals surface area contributed by atoms with Crippen LogP contribution in [-0.4, -0.2) is 32.2 Å². The van der Waals surface area contributed by atoms with Crippen molar-refractivity contribution in [2.75, 3.05) is 6.61 Å². The van der Waals surface area contributed by atoms with Gasteiger partial charge in [0, 0.05) is 19.1 Å². The summed E-state index contributed by atoms with van der Waals surface area (Å²) in [6.45, 7) is 1.19. The molecular weight excluding hydrogens is 404 g/mol. The number of halogens is 1. The molecule has 29 heavy (non-hydrogen) atoms. The van der Waals surface area contributed by atoms with Crippen LogP contribution in [0.1, 0.15) is 24.9 Å². The molecule has 0 radical (unpaired) electrons. The average Bonchev–Trinajstić information content (AvgIpc) is 2.68. The van der Waals surface area contributed by atoms with Crippen LogP contribution in [0.25, 0.3) is 0 Å². The quantitative estimate of drug-likeness (QED) is 0.609. The van der Waals surface area contributed by atoms with E-state index in [1.165, 1.54) is 14.1 Å². The molecule has 0 aliphatic rings. The van der Waals surface area contributed by atoms with Gasteiger partial charge in [-0.2, -0.15) is 0 Å². The highest BCUT2D eigenvalue weighted by Crippen LogP contribution is 2.25. The molecule has 1 aromatic carbocycles. The van der Waals surface area contributed by atoms with E-state index in [1.54, 1.807) is 31.2 Å². The zero-order valence-corrected chi connectivity index (χ0v) is 16.9. The fourth-order valence-electron chi connectivity index (χ4n) is 2.73. The molecule has 1 aromatic heterocycles. The van der Waals surface area contributed by atoms with Gasteiger partial charge in [-0.25, -0.2) is 28.1 Å². The summed E-state index contributed by atoms with van der Waals surface area (Å²) in [7, 11) is 2.40. The second-order valence-corrected chi connectivity index (χ2v) is 6.61. The summed E-state index contributed by atoms with van der Waals surface area (Å²) in [5, 5.41) is 2.93. The van der Waals surface area contributed by atoms with E-state index in [0.717, 1.165) is 9.13 Å². The maximum Gasteiger partial charge on any atom is 0.336 e. The lowest BCUT2D eigenvalue weighted by Crippen LogP contribution is -2.54. The number of hydrogen-bond acceptors (Lipinski definition) is 6. The van der Waals surface area contributed by atoms with Crippen molar-refractivity contribution in [3.8, 4) is 0 Å². The Balaban J connectivity index is 2.33. The standard InChI is InChI=1S/C18H21ClN4O6/c1-4-29-15(25)9-13(11-7-5-6-8-12(11)19)20-14(24)10-23-17(27)21(2)16(26)22(3)18(23)28/h5-8,13H,4,9-10H2,1-3H3,(H,20,24)/t13-/m1/s1. The highest BCUT2D eigenvalue weighted by molar-refractivity contribution is 6.31. The highest BCUT2D eigenvalue weighted by atomic mass is 35.5. The van der Waals surface area contributed by atoms with E-state index in [1.807, 2.05) is 0 Å². The van der Waals surface area contributed by atoms with Gasteiger partial charge in [0.05, 0.1) is 19.1 Å². The third kappa shape index (κ3) is 5.02. The zero-order chi connectivity index (χ0) is 21.7. The largest absolute Gasteiger partial charge is 0.466 e. The van der Waals surface area contributed by atoms with E-state index in [9.17, 15) is 24.0 Å². The molecule has 156 valence electrons. The Morgan fingerprint density at radius 1 is 1.07 bits per heavy atom. The zero-order valence-electron chi connectivity index (χ0n) is 16.2. The highest BCUT2D eigenvalue weighted by Gasteiger charge is 2.22. The number of benzene rings is 1. The molecule has 0 aliphatic carbocycles. The summed E-state index contributed by atoms with van der Waals surface area (Å²) in [4.78, 5) is 60.7. The SMILES string of the molecule is CCOC(=O)C[C@@H](NC(=O)Cn1c(=O)n(C)c(=O)n(C)c1=O)c1ccccc1Cl. The van der Waals surface area contributed by atoms with Crippen LogP contribution in [0.2, 0.25) is 5.02 Å². The minimum Gasteiger partial charge on any atom is -0.466 e. The van der Waals surface area contributed by atoms with Crippen LogP contribution in [0.4, 0.5) is 0 Å². The van der Waals surface area contributed by atoms with E-state index in [-0.39, 0.29) is 13.0 Å². The Labute approximate surface area is 170 Å². The van der Waals surface area contributed by atoms with Crippen molar-refractivity contribution in [1.82, 2.24) is 19.0 Å². The first-order valence-corrected chi connectivity index (χ1v) is 9.11. The van der Waals surface area contributed by atoms with Crippen molar-refractivity contribution in [3.63, 3.8) is 0 Å². The predicted molar refractivity (Wildman–Crippen MR) is 105 cm³/mol. The number of carbonyl (C=O) groups is 2. The molecule has 0 unspecified atom stereocenters. The minimum absolute atomic E-state index is 0.172. The lowest BCUT2D eigenvalue weighted by Gasteiger charge is -2.20. The van der Waals surface area contributed by atoms with E-state index < -0.39 is 41.5 Å². The molecule has 0 saturated heterocycles. The van der Waals surface area contributed by atoms with Crippen molar-refractivity contribution in [2.45, 2.75) is 25.9 Å². The second-order valence-electron chi connectivity index (χ2n) is 6.20. The maximum atomic E-state index is 12.6. The van der Waals surface area contributed by atoms with Gasteiger partial charge in [0.25, 0.3) is 0 Å². The summed E-state index contributed by atoms with van der Waals surface area (Å²) < 4.78 is 7.01. The van der Waals surface area contributed by atoms with Crippen LogP contribution in [0.15, 0.2) is 38.6 Å². The minimum atomic E-state index is -0.923. The summed E-state index contributed by atoms with van der Waals surface area (Å²) in [6, 6.07) is 5.81. The number of nitrogens with one attached hydrogen (secondary N) is 1. The van der Waals surface area contributed by atoms with Crippen molar-refractivity contribution < 1.29 is 14.3 Å². The Morgan fingerprint density at radius 2 is 1.66 bits per heavy atom. The van der Waals surface area contributed by atoms with Gasteiger partial charge in [-0.3, -0.25) is 9.59 Å². The molecular formula is C18H21ClN4O6. The van der Waals surface area contributed by atoms with Crippen LogP contribution in [-0.2, 0) is 35.0 Å². The molecule has 1 amide bonds. The predicted octanol–water partition coefficient (Wildman–Crippen LogP) is -0.290. The number of amides is 1. The van der Waals surface area contributed by atoms with E-state index in [4.69, 9.17) is 16.3 Å². The van der Waals surface area contributed by atoms with E-state index in [2.05, 4.69) is 5.32 Å². The fourth-order valence-corrected chi connectivity index (χ4v) is 3.00. The summed E-state index contributed by atoms with van der Waals surface area (Å²) in [5.74, 6) is -1.26. The lowest BCUT2D eigenvalue weighted by atomic mass is 10.0. The molecule has 1 atom stereocenters. The normalized spacial score (nSPS) is 11.7. The Kier molecular flexibility index (Phi) is 7.16. The van der Waals surface area contributed by atoms with Crippen molar-refractivity contribution in [3.05, 3.63) is 66.3 Å². The second kappa shape index (κ2) is 9.37. The van der Waals surface area contributed by atoms with Crippen LogP contribution in [0.5, 0.6) is 0 Å². The van der Waals surface area contributed by atoms with Gasteiger partial charge < -0.3 is 10.1 Å². The van der Waals surface area contributed by atoms with Crippen molar-refractivity contribution in [1.29, 1.82) is 0 Å². The van der Waals surface area contributed by atoms with Crippen LogP contribution in [0.3, 0.4) is 0 Å². The van der Waals surface area contributed by atoms with Crippen molar-refractivity contribution >= 4 is 23.5 Å². The topological polar surface area (TPSA) is 121 Å². The Morgan fingerprint density at radius 3 is 2.21 bits per heavy atom. The fraction of sp³-hybridized carbons (Fsp3) is 0.389. The molecule has 0 aliphatic heterocycles. The molecule has 1 N–H and O–H groups in total. The summed E-state index contributed by atoms with van der Waals surface area (Å²) in [6.07, 6.45) is -0.191. The number of rotatable bonds is 7. The van der Waals surface area contributed by atoms with Gasteiger partial charge in [-0.15, -0.1) is 0 Å². The molecule has 0 spiro atoms. The first-order chi connectivity index (χ1) is 13.7. The van der Waals surface area contributed by atoms with E-state index in [0.29, 0.717) is 15.2 Å². The van der Waals surface area contributed by atoms with Crippen molar-refractivity contribution in [2.24, 2.45) is 14.1 Å². The molecule has 1 heterocycles. The van der Waals surface area contributed by atoms with Gasteiger partial charge in [0.1, 0.15) is 6.54 Å². The summed E-state index contributed by atoms with van der Waals surface area (Å²) in [5.41, 5.74) is -2.16. The smallest absolute Gasteiger partial charge is 0.336 e. The monoisotopic (exact) mass is 424 g/mol. The summed E-state index contributed by atoms with van der Waals surface area (Å²) >= 11 is 6.18.